The van der Waals surface area contributed by atoms with Gasteiger partial charge in [0.25, 0.3) is 0 Å². The Balaban J connectivity index is 1.88. The van der Waals surface area contributed by atoms with Gasteiger partial charge in [-0.3, -0.25) is 4.68 Å². The van der Waals surface area contributed by atoms with E-state index in [1.165, 1.54) is 0 Å². The summed E-state index contributed by atoms with van der Waals surface area (Å²) < 4.78 is 13.2. The summed E-state index contributed by atoms with van der Waals surface area (Å²) >= 11 is 0. The molecule has 0 amide bonds. The number of likely N-dealkylation sites (tertiary alicyclic amines) is 1. The summed E-state index contributed by atoms with van der Waals surface area (Å²) in [6.45, 7) is 2.02. The number of ether oxygens (including phenoxy) is 2. The zero-order chi connectivity index (χ0) is 18.0. The Bertz CT molecular complexity index is 764. The maximum atomic E-state index is 11.1. The van der Waals surface area contributed by atoms with Crippen molar-refractivity contribution < 1.29 is 19.4 Å². The lowest BCUT2D eigenvalue weighted by molar-refractivity contribution is 0.0689. The SMILES string of the molecule is COc1ccc(-c2cc(C(=O)O)nn2C)cc1OC1CCN(C)CC1. The highest BCUT2D eigenvalue weighted by molar-refractivity contribution is 5.87. The lowest BCUT2D eigenvalue weighted by Crippen LogP contribution is -2.35. The Morgan fingerprint density at radius 1 is 1.20 bits per heavy atom. The fourth-order valence-electron chi connectivity index (χ4n) is 3.05. The molecule has 2 heterocycles. The second-order valence-corrected chi connectivity index (χ2v) is 6.33. The highest BCUT2D eigenvalue weighted by Crippen LogP contribution is 2.34. The minimum Gasteiger partial charge on any atom is -0.493 e. The van der Waals surface area contributed by atoms with Crippen LogP contribution < -0.4 is 9.47 Å². The van der Waals surface area contributed by atoms with Crippen molar-refractivity contribution in [2.75, 3.05) is 27.2 Å². The van der Waals surface area contributed by atoms with Crippen LogP contribution in [0, 0.1) is 0 Å². The molecule has 1 aromatic carbocycles. The molecule has 7 nitrogen and oxygen atoms in total. The van der Waals surface area contributed by atoms with Crippen LogP contribution in [0.5, 0.6) is 11.5 Å². The number of methoxy groups -OCH3 is 1. The number of aromatic nitrogens is 2. The molecule has 0 spiro atoms. The molecule has 0 unspecified atom stereocenters. The van der Waals surface area contributed by atoms with Gasteiger partial charge in [0, 0.05) is 25.7 Å². The predicted molar refractivity (Wildman–Crippen MR) is 93.3 cm³/mol. The van der Waals surface area contributed by atoms with Crippen molar-refractivity contribution in [2.45, 2.75) is 18.9 Å². The minimum absolute atomic E-state index is 0.0195. The van der Waals surface area contributed by atoms with Gasteiger partial charge in [0.15, 0.2) is 17.2 Å². The van der Waals surface area contributed by atoms with Gasteiger partial charge in [0.2, 0.25) is 0 Å². The van der Waals surface area contributed by atoms with E-state index in [4.69, 9.17) is 14.6 Å². The van der Waals surface area contributed by atoms with Crippen molar-refractivity contribution in [3.05, 3.63) is 30.0 Å². The zero-order valence-corrected chi connectivity index (χ0v) is 14.7. The van der Waals surface area contributed by atoms with Crippen LogP contribution in [0.3, 0.4) is 0 Å². The minimum atomic E-state index is -1.04. The number of benzene rings is 1. The van der Waals surface area contributed by atoms with Crippen molar-refractivity contribution in [1.29, 1.82) is 0 Å². The molecule has 1 fully saturated rings. The van der Waals surface area contributed by atoms with Crippen LogP contribution in [-0.4, -0.2) is 59.1 Å². The normalized spacial score (nSPS) is 16.0. The molecule has 0 radical (unpaired) electrons. The van der Waals surface area contributed by atoms with Gasteiger partial charge in [0.1, 0.15) is 6.10 Å². The van der Waals surface area contributed by atoms with E-state index in [2.05, 4.69) is 17.0 Å². The van der Waals surface area contributed by atoms with Gasteiger partial charge < -0.3 is 19.5 Å². The number of hydrogen-bond acceptors (Lipinski definition) is 5. The summed E-state index contributed by atoms with van der Waals surface area (Å²) in [5.41, 5.74) is 1.57. The van der Waals surface area contributed by atoms with Crippen LogP contribution in [0.25, 0.3) is 11.3 Å². The smallest absolute Gasteiger partial charge is 0.356 e. The maximum Gasteiger partial charge on any atom is 0.356 e. The average Bonchev–Trinajstić information content (AvgIpc) is 2.99. The molecule has 0 saturated carbocycles. The Morgan fingerprint density at radius 2 is 1.92 bits per heavy atom. The molecule has 0 atom stereocenters. The third-order valence-electron chi connectivity index (χ3n) is 4.52. The van der Waals surface area contributed by atoms with Crippen LogP contribution in [0.2, 0.25) is 0 Å². The summed E-state index contributed by atoms with van der Waals surface area (Å²) in [7, 11) is 5.45. The fourth-order valence-corrected chi connectivity index (χ4v) is 3.05. The molecule has 0 aliphatic carbocycles. The second-order valence-electron chi connectivity index (χ2n) is 6.33. The standard InChI is InChI=1S/C18H23N3O4/c1-20-8-6-13(7-9-20)25-17-10-12(4-5-16(17)24-3)15-11-14(18(22)23)19-21(15)2/h4-5,10-11,13H,6-9H2,1-3H3,(H,22,23). The van der Waals surface area contributed by atoms with E-state index in [0.29, 0.717) is 17.2 Å². The summed E-state index contributed by atoms with van der Waals surface area (Å²) in [6.07, 6.45) is 2.10. The van der Waals surface area contributed by atoms with Crippen molar-refractivity contribution in [3.8, 4) is 22.8 Å². The summed E-state index contributed by atoms with van der Waals surface area (Å²) in [4.78, 5) is 13.4. The van der Waals surface area contributed by atoms with Gasteiger partial charge in [-0.15, -0.1) is 0 Å². The monoisotopic (exact) mass is 345 g/mol. The number of carboxylic acid groups (broad SMARTS) is 1. The van der Waals surface area contributed by atoms with E-state index in [1.807, 2.05) is 18.2 Å². The first-order chi connectivity index (χ1) is 12.0. The summed E-state index contributed by atoms with van der Waals surface area (Å²) in [5, 5.41) is 13.1. The fraction of sp³-hybridized carbons (Fsp3) is 0.444. The van der Waals surface area contributed by atoms with Gasteiger partial charge in [-0.1, -0.05) is 0 Å². The number of hydrogen-bond donors (Lipinski definition) is 1. The molecule has 1 aromatic heterocycles. The molecule has 7 heteroatoms. The molecule has 1 N–H and O–H groups in total. The van der Waals surface area contributed by atoms with E-state index in [1.54, 1.807) is 24.9 Å². The molecule has 1 saturated heterocycles. The van der Waals surface area contributed by atoms with Crippen molar-refractivity contribution in [1.82, 2.24) is 14.7 Å². The lowest BCUT2D eigenvalue weighted by Gasteiger charge is -2.29. The molecular formula is C18H23N3O4. The molecule has 3 rings (SSSR count). The number of rotatable bonds is 5. The highest BCUT2D eigenvalue weighted by Gasteiger charge is 2.20. The van der Waals surface area contributed by atoms with Crippen LogP contribution in [0.4, 0.5) is 0 Å². The first kappa shape index (κ1) is 17.3. The third-order valence-corrected chi connectivity index (χ3v) is 4.52. The van der Waals surface area contributed by atoms with E-state index in [-0.39, 0.29) is 11.8 Å². The quantitative estimate of drug-likeness (QED) is 0.896. The molecule has 1 aliphatic rings. The first-order valence-electron chi connectivity index (χ1n) is 8.29. The number of carboxylic acids is 1. The number of aryl methyl sites for hydroxylation is 1. The van der Waals surface area contributed by atoms with Crippen molar-refractivity contribution in [2.24, 2.45) is 7.05 Å². The summed E-state index contributed by atoms with van der Waals surface area (Å²) in [6, 6.07) is 7.17. The average molecular weight is 345 g/mol. The Labute approximate surface area is 146 Å². The molecule has 0 bridgehead atoms. The van der Waals surface area contributed by atoms with Crippen molar-refractivity contribution in [3.63, 3.8) is 0 Å². The van der Waals surface area contributed by atoms with E-state index in [9.17, 15) is 4.79 Å². The van der Waals surface area contributed by atoms with E-state index < -0.39 is 5.97 Å². The molecular weight excluding hydrogens is 322 g/mol. The van der Waals surface area contributed by atoms with Gasteiger partial charge in [-0.05, 0) is 44.2 Å². The number of carbonyl (C=O) groups is 1. The predicted octanol–water partition coefficient (Wildman–Crippen LogP) is 2.27. The molecule has 25 heavy (non-hydrogen) atoms. The van der Waals surface area contributed by atoms with Crippen LogP contribution in [0.15, 0.2) is 24.3 Å². The first-order valence-corrected chi connectivity index (χ1v) is 8.29. The van der Waals surface area contributed by atoms with Crippen LogP contribution in [-0.2, 0) is 7.05 Å². The van der Waals surface area contributed by atoms with Gasteiger partial charge in [-0.25, -0.2) is 4.79 Å². The molecule has 1 aliphatic heterocycles. The zero-order valence-electron chi connectivity index (χ0n) is 14.7. The lowest BCUT2D eigenvalue weighted by atomic mass is 10.1. The van der Waals surface area contributed by atoms with Gasteiger partial charge in [-0.2, -0.15) is 5.10 Å². The largest absolute Gasteiger partial charge is 0.493 e. The summed E-state index contributed by atoms with van der Waals surface area (Å²) in [5.74, 6) is 0.300. The van der Waals surface area contributed by atoms with E-state index in [0.717, 1.165) is 31.5 Å². The molecule has 134 valence electrons. The second kappa shape index (κ2) is 7.14. The van der Waals surface area contributed by atoms with E-state index >= 15 is 0 Å². The van der Waals surface area contributed by atoms with Gasteiger partial charge in [0.05, 0.1) is 12.8 Å². The van der Waals surface area contributed by atoms with Crippen molar-refractivity contribution >= 4 is 5.97 Å². The number of aromatic carboxylic acids is 1. The number of nitrogens with zero attached hydrogens (tertiary/aromatic N) is 3. The van der Waals surface area contributed by atoms with Gasteiger partial charge >= 0.3 is 5.97 Å². The third kappa shape index (κ3) is 3.76. The highest BCUT2D eigenvalue weighted by atomic mass is 16.5. The maximum absolute atomic E-state index is 11.1. The number of piperidine rings is 1. The van der Waals surface area contributed by atoms with Crippen LogP contribution >= 0.6 is 0 Å². The molecule has 2 aromatic rings. The van der Waals surface area contributed by atoms with Crippen LogP contribution in [0.1, 0.15) is 23.3 Å². The Hall–Kier alpha value is -2.54. The Morgan fingerprint density at radius 3 is 2.52 bits per heavy atom. The Kier molecular flexibility index (Phi) is 4.94. The topological polar surface area (TPSA) is 76.8 Å².